The molecule has 0 bridgehead atoms. The summed E-state index contributed by atoms with van der Waals surface area (Å²) in [5, 5.41) is 11.2. The second-order valence-corrected chi connectivity index (χ2v) is 5.95. The van der Waals surface area contributed by atoms with Crippen molar-refractivity contribution in [3.05, 3.63) is 82.4 Å². The number of nitrogens with zero attached hydrogens (tertiary/aromatic N) is 2. The van der Waals surface area contributed by atoms with Gasteiger partial charge in [-0.3, -0.25) is 14.9 Å². The molecule has 1 amide bonds. The van der Waals surface area contributed by atoms with Crippen LogP contribution in [0.5, 0.6) is 0 Å². The smallest absolute Gasteiger partial charge is 0.283 e. The van der Waals surface area contributed by atoms with Crippen LogP contribution in [0.3, 0.4) is 0 Å². The number of nitro groups is 1. The quantitative estimate of drug-likeness (QED) is 0.328. The van der Waals surface area contributed by atoms with Gasteiger partial charge in [-0.25, -0.2) is 0 Å². The molecule has 24 heavy (non-hydrogen) atoms. The molecular formula is C18H18N2O3S. The number of benzene rings is 2. The van der Waals surface area contributed by atoms with Gasteiger partial charge in [0.1, 0.15) is 0 Å². The molecule has 6 heteroatoms. The third-order valence-electron chi connectivity index (χ3n) is 3.48. The topological polar surface area (TPSA) is 63.5 Å². The van der Waals surface area contributed by atoms with Gasteiger partial charge >= 0.3 is 0 Å². The third-order valence-corrected chi connectivity index (χ3v) is 4.26. The van der Waals surface area contributed by atoms with Crippen molar-refractivity contribution in [3.63, 3.8) is 0 Å². The molecule has 0 saturated heterocycles. The van der Waals surface area contributed by atoms with Crippen molar-refractivity contribution in [2.45, 2.75) is 11.4 Å². The van der Waals surface area contributed by atoms with Crippen molar-refractivity contribution in [3.8, 4) is 0 Å². The summed E-state index contributed by atoms with van der Waals surface area (Å²) in [7, 11) is 0. The van der Waals surface area contributed by atoms with Crippen LogP contribution in [-0.4, -0.2) is 28.5 Å². The molecule has 5 nitrogen and oxygen atoms in total. The van der Waals surface area contributed by atoms with Gasteiger partial charge in [0, 0.05) is 24.7 Å². The summed E-state index contributed by atoms with van der Waals surface area (Å²) < 4.78 is 0. The Hall–Kier alpha value is -2.60. The molecule has 0 aromatic heterocycles. The molecule has 0 aliphatic rings. The summed E-state index contributed by atoms with van der Waals surface area (Å²) >= 11 is 1.28. The Kier molecular flexibility index (Phi) is 6.14. The lowest BCUT2D eigenvalue weighted by Crippen LogP contribution is -2.30. The van der Waals surface area contributed by atoms with E-state index in [0.717, 1.165) is 5.56 Å². The average molecular weight is 342 g/mol. The van der Waals surface area contributed by atoms with E-state index in [1.54, 1.807) is 29.4 Å². The maximum absolute atomic E-state index is 12.8. The van der Waals surface area contributed by atoms with Crippen LogP contribution in [0.25, 0.3) is 0 Å². The molecule has 0 atom stereocenters. The number of hydrogen-bond donors (Lipinski definition) is 0. The van der Waals surface area contributed by atoms with Gasteiger partial charge in [0.15, 0.2) is 0 Å². The number of amides is 1. The molecule has 0 aliphatic carbocycles. The lowest BCUT2D eigenvalue weighted by Gasteiger charge is -2.21. The molecule has 2 aromatic carbocycles. The highest BCUT2D eigenvalue weighted by Gasteiger charge is 2.20. The Morgan fingerprint density at radius 1 is 1.29 bits per heavy atom. The molecule has 0 spiro atoms. The zero-order chi connectivity index (χ0) is 17.5. The van der Waals surface area contributed by atoms with Crippen molar-refractivity contribution >= 4 is 23.4 Å². The minimum absolute atomic E-state index is 0.0494. The Morgan fingerprint density at radius 3 is 2.58 bits per heavy atom. The molecule has 0 aliphatic heterocycles. The van der Waals surface area contributed by atoms with Crippen molar-refractivity contribution in [2.75, 3.05) is 12.8 Å². The second-order valence-electron chi connectivity index (χ2n) is 5.10. The Labute approximate surface area is 145 Å². The lowest BCUT2D eigenvalue weighted by molar-refractivity contribution is -0.387. The first kappa shape index (κ1) is 17.7. The van der Waals surface area contributed by atoms with Gasteiger partial charge in [-0.05, 0) is 24.0 Å². The summed E-state index contributed by atoms with van der Waals surface area (Å²) in [6, 6.07) is 14.2. The molecule has 0 saturated carbocycles. The van der Waals surface area contributed by atoms with Crippen molar-refractivity contribution < 1.29 is 9.72 Å². The van der Waals surface area contributed by atoms with Gasteiger partial charge in [0.2, 0.25) is 0 Å². The first-order valence-corrected chi connectivity index (χ1v) is 8.55. The zero-order valence-corrected chi connectivity index (χ0v) is 14.2. The van der Waals surface area contributed by atoms with E-state index in [4.69, 9.17) is 0 Å². The highest BCUT2D eigenvalue weighted by molar-refractivity contribution is 7.98. The van der Waals surface area contributed by atoms with Crippen LogP contribution in [0.1, 0.15) is 15.9 Å². The molecular weight excluding hydrogens is 324 g/mol. The summed E-state index contributed by atoms with van der Waals surface area (Å²) in [6.07, 6.45) is 3.41. The van der Waals surface area contributed by atoms with E-state index in [1.807, 2.05) is 30.3 Å². The first-order chi connectivity index (χ1) is 11.6. The number of hydrogen-bond acceptors (Lipinski definition) is 4. The van der Waals surface area contributed by atoms with E-state index < -0.39 is 4.92 Å². The average Bonchev–Trinajstić information content (AvgIpc) is 2.61. The summed E-state index contributed by atoms with van der Waals surface area (Å²) in [5.41, 5.74) is 1.24. The molecule has 0 heterocycles. The lowest BCUT2D eigenvalue weighted by atomic mass is 10.1. The van der Waals surface area contributed by atoms with Crippen LogP contribution in [0.4, 0.5) is 5.69 Å². The predicted octanol–water partition coefficient (Wildman–Crippen LogP) is 4.15. The number of nitro benzene ring substituents is 1. The van der Waals surface area contributed by atoms with Crippen LogP contribution in [0.2, 0.25) is 0 Å². The van der Waals surface area contributed by atoms with Crippen molar-refractivity contribution in [1.82, 2.24) is 4.90 Å². The molecule has 0 N–H and O–H groups in total. The van der Waals surface area contributed by atoms with Gasteiger partial charge in [0.25, 0.3) is 11.6 Å². The molecule has 2 aromatic rings. The third kappa shape index (κ3) is 4.23. The fraction of sp³-hybridized carbons (Fsp3) is 0.167. The van der Waals surface area contributed by atoms with E-state index >= 15 is 0 Å². The number of rotatable bonds is 7. The van der Waals surface area contributed by atoms with Crippen LogP contribution >= 0.6 is 11.8 Å². The van der Waals surface area contributed by atoms with E-state index in [1.165, 1.54) is 17.8 Å². The predicted molar refractivity (Wildman–Crippen MR) is 96.3 cm³/mol. The van der Waals surface area contributed by atoms with E-state index in [2.05, 4.69) is 6.58 Å². The van der Waals surface area contributed by atoms with Crippen molar-refractivity contribution in [2.24, 2.45) is 0 Å². The second kappa shape index (κ2) is 8.31. The molecule has 2 rings (SSSR count). The maximum Gasteiger partial charge on any atom is 0.283 e. The molecule has 0 radical (unpaired) electrons. The van der Waals surface area contributed by atoms with Gasteiger partial charge in [-0.15, -0.1) is 18.3 Å². The van der Waals surface area contributed by atoms with E-state index in [9.17, 15) is 14.9 Å². The standard InChI is InChI=1S/C18H18N2O3S/c1-3-11-19(13-14-7-5-4-6-8-14)18(21)15-9-10-17(24-2)16(12-15)20(22)23/h3-10,12H,1,11,13H2,2H3. The minimum Gasteiger partial charge on any atom is -0.331 e. The Bertz CT molecular complexity index is 747. The summed E-state index contributed by atoms with van der Waals surface area (Å²) in [4.78, 5) is 25.6. The Morgan fingerprint density at radius 2 is 2.00 bits per heavy atom. The van der Waals surface area contributed by atoms with Crippen LogP contribution in [0, 0.1) is 10.1 Å². The van der Waals surface area contributed by atoms with E-state index in [-0.39, 0.29) is 11.6 Å². The van der Waals surface area contributed by atoms with Crippen molar-refractivity contribution in [1.29, 1.82) is 0 Å². The molecule has 0 unspecified atom stereocenters. The van der Waals surface area contributed by atoms with E-state index in [0.29, 0.717) is 23.5 Å². The summed E-state index contributed by atoms with van der Waals surface area (Å²) in [6.45, 7) is 4.47. The number of carbonyl (C=O) groups is 1. The number of carbonyl (C=O) groups excluding carboxylic acids is 1. The maximum atomic E-state index is 12.8. The Balaban J connectivity index is 2.31. The fourth-order valence-corrected chi connectivity index (χ4v) is 2.87. The first-order valence-electron chi connectivity index (χ1n) is 7.33. The van der Waals surface area contributed by atoms with Gasteiger partial charge < -0.3 is 4.90 Å². The summed E-state index contributed by atoms with van der Waals surface area (Å²) in [5.74, 6) is -0.255. The van der Waals surface area contributed by atoms with Gasteiger partial charge in [-0.2, -0.15) is 0 Å². The monoisotopic (exact) mass is 342 g/mol. The van der Waals surface area contributed by atoms with Crippen LogP contribution < -0.4 is 0 Å². The SMILES string of the molecule is C=CCN(Cc1ccccc1)C(=O)c1ccc(SC)c([N+](=O)[O-])c1. The van der Waals surface area contributed by atoms with Crippen LogP contribution in [0.15, 0.2) is 66.1 Å². The molecule has 124 valence electrons. The van der Waals surface area contributed by atoms with Gasteiger partial charge in [0.05, 0.1) is 9.82 Å². The fourth-order valence-electron chi connectivity index (χ4n) is 2.33. The van der Waals surface area contributed by atoms with Crippen LogP contribution in [-0.2, 0) is 6.54 Å². The molecule has 0 fully saturated rings. The normalized spacial score (nSPS) is 10.2. The zero-order valence-electron chi connectivity index (χ0n) is 13.3. The highest BCUT2D eigenvalue weighted by Crippen LogP contribution is 2.28. The number of thioether (sulfide) groups is 1. The minimum atomic E-state index is -0.461. The van der Waals surface area contributed by atoms with Gasteiger partial charge in [-0.1, -0.05) is 36.4 Å². The highest BCUT2D eigenvalue weighted by atomic mass is 32.2. The largest absolute Gasteiger partial charge is 0.331 e.